The molecule has 0 aliphatic carbocycles. The number of carboxylic acid groups (broad SMARTS) is 1. The number of carboxylic acids is 1. The summed E-state index contributed by atoms with van der Waals surface area (Å²) in [6, 6.07) is -2.06. The number of aliphatic hydroxyl groups excluding tert-OH is 2. The van der Waals surface area contributed by atoms with Gasteiger partial charge in [-0.15, -0.1) is 0 Å². The molecule has 0 spiro atoms. The van der Waals surface area contributed by atoms with Gasteiger partial charge in [-0.1, -0.05) is 30.3 Å². The number of nitrogens with one attached hydrogen (secondary N) is 7. The van der Waals surface area contributed by atoms with Crippen LogP contribution in [0.15, 0.2) is 30.3 Å². The Morgan fingerprint density at radius 2 is 1.03 bits per heavy atom. The van der Waals surface area contributed by atoms with Crippen molar-refractivity contribution >= 4 is 51.5 Å². The molecule has 19 N–H and O–H groups in total. The molecule has 0 fully saturated rings. The second kappa shape index (κ2) is 26.3. The molecule has 0 aliphatic rings. The van der Waals surface area contributed by atoms with Gasteiger partial charge in [0.2, 0.25) is 35.4 Å². The van der Waals surface area contributed by atoms with Crippen LogP contribution in [0.1, 0.15) is 45.1 Å². The van der Waals surface area contributed by atoms with Gasteiger partial charge in [0.1, 0.15) is 36.1 Å². The molecule has 6 amide bonds. The predicted molar refractivity (Wildman–Crippen MR) is 211 cm³/mol. The number of carbonyl (C=O) groups excluding carboxylic acids is 6. The molecule has 0 unspecified atom stereocenters. The molecule has 0 heterocycles. The highest BCUT2D eigenvalue weighted by Crippen LogP contribution is 2.08. The van der Waals surface area contributed by atoms with Crippen LogP contribution in [0.4, 0.5) is 0 Å². The van der Waals surface area contributed by atoms with E-state index < -0.39 is 118 Å². The van der Waals surface area contributed by atoms with E-state index >= 15 is 0 Å². The molecule has 0 saturated carbocycles. The van der Waals surface area contributed by atoms with E-state index in [2.05, 4.69) is 37.2 Å². The summed E-state index contributed by atoms with van der Waals surface area (Å²) >= 11 is 0. The van der Waals surface area contributed by atoms with Gasteiger partial charge in [0.05, 0.1) is 18.2 Å². The Labute approximate surface area is 341 Å². The number of carbonyl (C=O) groups is 7. The Bertz CT molecular complexity index is 1650. The van der Waals surface area contributed by atoms with Gasteiger partial charge in [-0.2, -0.15) is 8.42 Å². The van der Waals surface area contributed by atoms with Gasteiger partial charge in [-0.05, 0) is 71.3 Å². The second-order valence-corrected chi connectivity index (χ2v) is 15.0. The van der Waals surface area contributed by atoms with Gasteiger partial charge in [0.25, 0.3) is 10.1 Å². The first-order valence-corrected chi connectivity index (χ1v) is 20.2. The number of hydrogen-bond acceptors (Lipinski definition) is 16. The summed E-state index contributed by atoms with van der Waals surface area (Å²) in [4.78, 5) is 91.8. The van der Waals surface area contributed by atoms with E-state index in [1.54, 1.807) is 30.3 Å². The third kappa shape index (κ3) is 19.6. The average Bonchev–Trinajstić information content (AvgIpc) is 3.15. The lowest BCUT2D eigenvalue weighted by molar-refractivity contribution is -0.145. The van der Waals surface area contributed by atoms with Gasteiger partial charge in [-0.3, -0.25) is 33.3 Å². The molecule has 25 heteroatoms. The normalized spacial score (nSPS) is 16.0. The van der Waals surface area contributed by atoms with Gasteiger partial charge in [0.15, 0.2) is 6.04 Å². The summed E-state index contributed by atoms with van der Waals surface area (Å²) in [5.74, 6) is -8.31. The van der Waals surface area contributed by atoms with Crippen molar-refractivity contribution in [2.45, 2.75) is 100 Å². The van der Waals surface area contributed by atoms with Crippen molar-refractivity contribution in [2.75, 3.05) is 32.1 Å². The standard InChI is InChI=1S/C34H59N11O13S/c1-18(46)26(44-32(52)25(16-20-6-4-3-5-7-20)43-29(49)22(9-13-36)40-28(48)21(38)8-12-35)33(53)42-24(11-15-39-17-59(56,57)58)30(50)41-23(10-14-37)31(51)45-27(19(2)47)34(54)55/h3-7,18-19,21-27,39,46-47H,8-17,35-38H2,1-2H3,(H,40,48)(H,41,50)(H,42,53)(H,43,49)(H,44,52)(H,45,51)(H,54,55)(H,56,57,58)/t18-,19-,21+,22+,23+,24+,25-,26+,27+/m1/s1. The summed E-state index contributed by atoms with van der Waals surface area (Å²) < 4.78 is 31.6. The van der Waals surface area contributed by atoms with Gasteiger partial charge in [-0.25, -0.2) is 4.79 Å². The van der Waals surface area contributed by atoms with Crippen molar-refractivity contribution in [1.82, 2.24) is 37.2 Å². The Hall–Kier alpha value is -4.86. The highest BCUT2D eigenvalue weighted by atomic mass is 32.2. The minimum atomic E-state index is -4.51. The zero-order chi connectivity index (χ0) is 44.9. The number of benzene rings is 1. The van der Waals surface area contributed by atoms with Gasteiger partial charge in [0, 0.05) is 6.42 Å². The molecule has 9 atom stereocenters. The highest BCUT2D eigenvalue weighted by molar-refractivity contribution is 7.85. The van der Waals surface area contributed by atoms with Crippen LogP contribution in [-0.4, -0.2) is 156 Å². The summed E-state index contributed by atoms with van der Waals surface area (Å²) in [6.45, 7) is 1.75. The Kier molecular flexibility index (Phi) is 23.2. The quantitative estimate of drug-likeness (QED) is 0.0275. The lowest BCUT2D eigenvalue weighted by atomic mass is 10.0. The van der Waals surface area contributed by atoms with Crippen LogP contribution in [0.25, 0.3) is 0 Å². The lowest BCUT2D eigenvalue weighted by Gasteiger charge is -2.28. The fourth-order valence-electron chi connectivity index (χ4n) is 5.34. The minimum Gasteiger partial charge on any atom is -0.480 e. The SMILES string of the molecule is C[C@@H](O)[C@H](NC(=O)[C@H](CCN)NC(=O)[C@H](CCNCS(=O)(=O)O)NC(=O)[C@@H](NC(=O)[C@@H](Cc1ccccc1)NC(=O)[C@H](CCN)NC(=O)[C@@H](N)CCN)[C@@H](C)O)C(=O)O. The van der Waals surface area contributed by atoms with Crippen molar-refractivity contribution in [2.24, 2.45) is 22.9 Å². The van der Waals surface area contributed by atoms with Crippen molar-refractivity contribution in [1.29, 1.82) is 0 Å². The summed E-state index contributed by atoms with van der Waals surface area (Å²) in [5.41, 5.74) is 23.2. The molecule has 24 nitrogen and oxygen atoms in total. The highest BCUT2D eigenvalue weighted by Gasteiger charge is 2.35. The van der Waals surface area contributed by atoms with Crippen molar-refractivity contribution in [3.8, 4) is 0 Å². The lowest BCUT2D eigenvalue weighted by Crippen LogP contribution is -2.62. The predicted octanol–water partition coefficient (Wildman–Crippen LogP) is -6.82. The monoisotopic (exact) mass is 861 g/mol. The van der Waals surface area contributed by atoms with Gasteiger partial charge >= 0.3 is 5.97 Å². The van der Waals surface area contributed by atoms with Crippen LogP contribution in [0, 0.1) is 0 Å². The topological polar surface area (TPSA) is 423 Å². The Morgan fingerprint density at radius 3 is 1.51 bits per heavy atom. The molecule has 0 aliphatic heterocycles. The number of nitrogens with two attached hydrogens (primary N) is 4. The van der Waals surface area contributed by atoms with Crippen LogP contribution in [-0.2, 0) is 50.1 Å². The maximum atomic E-state index is 13.9. The van der Waals surface area contributed by atoms with Crippen molar-refractivity contribution in [3.05, 3.63) is 35.9 Å². The second-order valence-electron chi connectivity index (χ2n) is 13.6. The van der Waals surface area contributed by atoms with Crippen LogP contribution < -0.4 is 60.2 Å². The van der Waals surface area contributed by atoms with E-state index in [-0.39, 0.29) is 51.9 Å². The van der Waals surface area contributed by atoms with Crippen LogP contribution >= 0.6 is 0 Å². The fraction of sp³-hybridized carbons (Fsp3) is 0.618. The summed E-state index contributed by atoms with van der Waals surface area (Å²) in [6.07, 6.45) is -3.93. The third-order valence-corrected chi connectivity index (χ3v) is 9.11. The molecule has 0 aromatic heterocycles. The number of hydrogen-bond donors (Lipinski definition) is 15. The van der Waals surface area contributed by atoms with E-state index in [0.717, 1.165) is 13.8 Å². The molecule has 0 saturated heterocycles. The zero-order valence-electron chi connectivity index (χ0n) is 32.8. The largest absolute Gasteiger partial charge is 0.480 e. The molecule has 334 valence electrons. The molecule has 0 bridgehead atoms. The molecule has 0 radical (unpaired) electrons. The fourth-order valence-corrected chi connectivity index (χ4v) is 5.75. The van der Waals surface area contributed by atoms with Crippen molar-refractivity contribution in [3.63, 3.8) is 0 Å². The maximum absolute atomic E-state index is 13.9. The number of rotatable bonds is 28. The Morgan fingerprint density at radius 1 is 0.610 bits per heavy atom. The smallest absolute Gasteiger partial charge is 0.328 e. The van der Waals surface area contributed by atoms with Crippen LogP contribution in [0.5, 0.6) is 0 Å². The van der Waals surface area contributed by atoms with Crippen molar-refractivity contribution < 1.29 is 61.9 Å². The maximum Gasteiger partial charge on any atom is 0.328 e. The van der Waals surface area contributed by atoms with E-state index in [1.807, 2.05) is 0 Å². The number of aliphatic hydroxyl groups is 2. The third-order valence-electron chi connectivity index (χ3n) is 8.54. The first-order chi connectivity index (χ1) is 27.6. The van der Waals surface area contributed by atoms with E-state index in [9.17, 15) is 57.3 Å². The summed E-state index contributed by atoms with van der Waals surface area (Å²) in [7, 11) is -4.51. The van der Waals surface area contributed by atoms with E-state index in [0.29, 0.717) is 5.56 Å². The van der Waals surface area contributed by atoms with Gasteiger partial charge < -0.3 is 75.5 Å². The first kappa shape index (κ1) is 52.2. The molecule has 1 rings (SSSR count). The minimum absolute atomic E-state index is 0.0489. The molecule has 1 aromatic carbocycles. The zero-order valence-corrected chi connectivity index (χ0v) is 33.7. The molecule has 1 aromatic rings. The molecular weight excluding hydrogens is 803 g/mol. The first-order valence-electron chi connectivity index (χ1n) is 18.6. The average molecular weight is 862 g/mol. The van der Waals surface area contributed by atoms with E-state index in [1.165, 1.54) is 0 Å². The summed E-state index contributed by atoms with van der Waals surface area (Å²) in [5, 5.41) is 46.3. The van der Waals surface area contributed by atoms with Crippen LogP contribution in [0.2, 0.25) is 0 Å². The van der Waals surface area contributed by atoms with Crippen LogP contribution in [0.3, 0.4) is 0 Å². The molecule has 59 heavy (non-hydrogen) atoms. The number of amides is 6. The Balaban J connectivity index is 3.42. The van der Waals surface area contributed by atoms with E-state index in [4.69, 9.17) is 27.5 Å². The number of aliphatic carboxylic acids is 1. The molecular formula is C34H59N11O13S.